The molecular weight excluding hydrogens is 514 g/mol. The molecule has 1 aromatic rings. The first-order valence-electron chi connectivity index (χ1n) is 16.1. The summed E-state index contributed by atoms with van der Waals surface area (Å²) in [5.74, 6) is -0.507. The highest BCUT2D eigenvalue weighted by Crippen LogP contribution is 2.27. The number of amides is 3. The van der Waals surface area contributed by atoms with Crippen molar-refractivity contribution in [1.82, 2.24) is 15.5 Å². The Labute approximate surface area is 249 Å². The van der Waals surface area contributed by atoms with Gasteiger partial charge in [-0.2, -0.15) is 0 Å². The van der Waals surface area contributed by atoms with Gasteiger partial charge in [-0.05, 0) is 58.4 Å². The highest BCUT2D eigenvalue weighted by atomic mass is 16.6. The van der Waals surface area contributed by atoms with Gasteiger partial charge in [-0.15, -0.1) is 0 Å². The molecule has 0 aliphatic heterocycles. The first kappa shape index (κ1) is 34.6. The summed E-state index contributed by atoms with van der Waals surface area (Å²) in [5.41, 5.74) is 1.16. The molecule has 7 heteroatoms. The molecule has 3 amide bonds. The van der Waals surface area contributed by atoms with Crippen LogP contribution in [0.15, 0.2) is 24.3 Å². The fourth-order valence-electron chi connectivity index (χ4n) is 5.57. The molecule has 1 aliphatic rings. The standard InChI is InChI=1S/C34H57N3O4/c1-8-10-11-12-13-17-23-37(32(39)29(26(4)9-2)36-33(40)41-34(5,6)7)30(27-20-18-19-25(3)24-27)31(38)35-28-21-15-14-16-22-28/h18-20,24,26,28-30H,8-17,21-23H2,1-7H3,(H,35,38)(H,36,40). The Morgan fingerprint density at radius 1 is 1.00 bits per heavy atom. The molecule has 1 aliphatic carbocycles. The van der Waals surface area contributed by atoms with Gasteiger partial charge in [0.1, 0.15) is 17.7 Å². The monoisotopic (exact) mass is 571 g/mol. The van der Waals surface area contributed by atoms with E-state index in [-0.39, 0.29) is 23.8 Å². The SMILES string of the molecule is CCCCCCCCN(C(=O)C(NC(=O)OC(C)(C)C)C(C)CC)C(C(=O)NC1CCCCC1)c1cccc(C)c1. The fraction of sp³-hybridized carbons (Fsp3) is 0.735. The molecule has 2 rings (SSSR count). The average molecular weight is 572 g/mol. The smallest absolute Gasteiger partial charge is 0.408 e. The Bertz CT molecular complexity index is 952. The Balaban J connectivity index is 2.45. The molecule has 2 N–H and O–H groups in total. The Morgan fingerprint density at radius 3 is 2.27 bits per heavy atom. The van der Waals surface area contributed by atoms with Crippen LogP contribution in [0, 0.1) is 12.8 Å². The first-order valence-corrected chi connectivity index (χ1v) is 16.1. The zero-order chi connectivity index (χ0) is 30.4. The van der Waals surface area contributed by atoms with Gasteiger partial charge in [0.25, 0.3) is 0 Å². The van der Waals surface area contributed by atoms with Crippen LogP contribution in [0.4, 0.5) is 4.79 Å². The van der Waals surface area contributed by atoms with Crippen LogP contribution < -0.4 is 10.6 Å². The van der Waals surface area contributed by atoms with E-state index in [1.54, 1.807) is 25.7 Å². The van der Waals surface area contributed by atoms with Gasteiger partial charge in [-0.1, -0.05) is 108 Å². The Hall–Kier alpha value is -2.57. The summed E-state index contributed by atoms with van der Waals surface area (Å²) in [6.45, 7) is 14.0. The molecule has 0 heterocycles. The van der Waals surface area contributed by atoms with Crippen molar-refractivity contribution in [3.63, 3.8) is 0 Å². The van der Waals surface area contributed by atoms with Crippen LogP contribution in [-0.2, 0) is 14.3 Å². The molecule has 232 valence electrons. The van der Waals surface area contributed by atoms with Crippen LogP contribution in [0.1, 0.15) is 136 Å². The third kappa shape index (κ3) is 12.1. The maximum absolute atomic E-state index is 14.5. The number of hydrogen-bond acceptors (Lipinski definition) is 4. The molecule has 0 radical (unpaired) electrons. The van der Waals surface area contributed by atoms with Gasteiger partial charge < -0.3 is 20.3 Å². The van der Waals surface area contributed by atoms with Gasteiger partial charge in [0, 0.05) is 12.6 Å². The molecule has 1 saturated carbocycles. The van der Waals surface area contributed by atoms with Crippen molar-refractivity contribution in [1.29, 1.82) is 0 Å². The maximum atomic E-state index is 14.5. The lowest BCUT2D eigenvalue weighted by atomic mass is 9.93. The van der Waals surface area contributed by atoms with E-state index in [2.05, 4.69) is 17.6 Å². The van der Waals surface area contributed by atoms with E-state index < -0.39 is 23.8 Å². The topological polar surface area (TPSA) is 87.7 Å². The summed E-state index contributed by atoms with van der Waals surface area (Å²) in [6, 6.07) is 6.46. The molecule has 0 saturated heterocycles. The molecule has 1 aromatic carbocycles. The Kier molecular flexibility index (Phi) is 14.7. The van der Waals surface area contributed by atoms with Crippen LogP contribution in [-0.4, -0.2) is 47.0 Å². The van der Waals surface area contributed by atoms with Crippen LogP contribution in [0.5, 0.6) is 0 Å². The number of nitrogens with one attached hydrogen (secondary N) is 2. The van der Waals surface area contributed by atoms with Gasteiger partial charge in [-0.25, -0.2) is 4.79 Å². The molecule has 3 unspecified atom stereocenters. The summed E-state index contributed by atoms with van der Waals surface area (Å²) < 4.78 is 5.54. The highest BCUT2D eigenvalue weighted by Gasteiger charge is 2.38. The lowest BCUT2D eigenvalue weighted by molar-refractivity contribution is -0.144. The number of unbranched alkanes of at least 4 members (excludes halogenated alkanes) is 5. The minimum Gasteiger partial charge on any atom is -0.444 e. The summed E-state index contributed by atoms with van der Waals surface area (Å²) in [7, 11) is 0. The van der Waals surface area contributed by atoms with Crippen molar-refractivity contribution in [2.75, 3.05) is 6.54 Å². The average Bonchev–Trinajstić information content (AvgIpc) is 2.91. The van der Waals surface area contributed by atoms with Gasteiger partial charge >= 0.3 is 6.09 Å². The molecule has 0 bridgehead atoms. The van der Waals surface area contributed by atoms with E-state index in [1.165, 1.54) is 25.7 Å². The number of ether oxygens (including phenoxy) is 1. The van der Waals surface area contributed by atoms with Crippen molar-refractivity contribution in [3.8, 4) is 0 Å². The van der Waals surface area contributed by atoms with Crippen LogP contribution >= 0.6 is 0 Å². The number of rotatable bonds is 15. The molecule has 7 nitrogen and oxygen atoms in total. The van der Waals surface area contributed by atoms with Crippen molar-refractivity contribution >= 4 is 17.9 Å². The lowest BCUT2D eigenvalue weighted by Crippen LogP contribution is -2.56. The second-order valence-corrected chi connectivity index (χ2v) is 13.0. The van der Waals surface area contributed by atoms with Gasteiger partial charge in [0.2, 0.25) is 11.8 Å². The number of alkyl carbamates (subject to hydrolysis) is 1. The molecular formula is C34H57N3O4. The number of carbonyl (C=O) groups excluding carboxylic acids is 3. The van der Waals surface area contributed by atoms with Crippen molar-refractivity contribution < 1.29 is 19.1 Å². The number of hydrogen-bond donors (Lipinski definition) is 2. The van der Waals surface area contributed by atoms with Gasteiger partial charge in [-0.3, -0.25) is 9.59 Å². The zero-order valence-electron chi connectivity index (χ0n) is 26.9. The molecule has 1 fully saturated rings. The third-order valence-corrected chi connectivity index (χ3v) is 8.06. The molecule has 0 spiro atoms. The Morgan fingerprint density at radius 2 is 1.66 bits per heavy atom. The molecule has 3 atom stereocenters. The normalized spacial score (nSPS) is 16.4. The van der Waals surface area contributed by atoms with Crippen LogP contribution in [0.2, 0.25) is 0 Å². The lowest BCUT2D eigenvalue weighted by Gasteiger charge is -2.37. The number of aryl methyl sites for hydroxylation is 1. The zero-order valence-corrected chi connectivity index (χ0v) is 26.9. The van der Waals surface area contributed by atoms with E-state index in [0.717, 1.165) is 56.1 Å². The third-order valence-electron chi connectivity index (χ3n) is 8.06. The second kappa shape index (κ2) is 17.4. The van der Waals surface area contributed by atoms with E-state index in [1.807, 2.05) is 45.0 Å². The number of carbonyl (C=O) groups is 3. The van der Waals surface area contributed by atoms with E-state index in [0.29, 0.717) is 13.0 Å². The van der Waals surface area contributed by atoms with E-state index in [4.69, 9.17) is 4.74 Å². The first-order chi connectivity index (χ1) is 19.5. The van der Waals surface area contributed by atoms with Crippen LogP contribution in [0.25, 0.3) is 0 Å². The quantitative estimate of drug-likeness (QED) is 0.212. The van der Waals surface area contributed by atoms with E-state index >= 15 is 0 Å². The van der Waals surface area contributed by atoms with Gasteiger partial charge in [0.15, 0.2) is 0 Å². The number of nitrogens with zero attached hydrogens (tertiary/aromatic N) is 1. The van der Waals surface area contributed by atoms with Crippen molar-refractivity contribution in [3.05, 3.63) is 35.4 Å². The van der Waals surface area contributed by atoms with Crippen LogP contribution in [0.3, 0.4) is 0 Å². The van der Waals surface area contributed by atoms with Crippen molar-refractivity contribution in [2.45, 2.75) is 149 Å². The fourth-order valence-corrected chi connectivity index (χ4v) is 5.57. The minimum atomic E-state index is -0.801. The highest BCUT2D eigenvalue weighted by molar-refractivity contribution is 5.92. The summed E-state index contributed by atoms with van der Waals surface area (Å²) >= 11 is 0. The van der Waals surface area contributed by atoms with Gasteiger partial charge in [0.05, 0.1) is 0 Å². The largest absolute Gasteiger partial charge is 0.444 e. The summed E-state index contributed by atoms with van der Waals surface area (Å²) in [4.78, 5) is 43.2. The minimum absolute atomic E-state index is 0.125. The summed E-state index contributed by atoms with van der Waals surface area (Å²) in [5, 5.41) is 6.18. The second-order valence-electron chi connectivity index (χ2n) is 13.0. The molecule has 0 aromatic heterocycles. The van der Waals surface area contributed by atoms with Crippen molar-refractivity contribution in [2.24, 2.45) is 5.92 Å². The predicted molar refractivity (Wildman–Crippen MR) is 167 cm³/mol. The summed E-state index contributed by atoms with van der Waals surface area (Å²) in [6.07, 6.45) is 11.9. The predicted octanol–water partition coefficient (Wildman–Crippen LogP) is 7.61. The maximum Gasteiger partial charge on any atom is 0.408 e. The van der Waals surface area contributed by atoms with E-state index in [9.17, 15) is 14.4 Å². The molecule has 41 heavy (non-hydrogen) atoms. The number of benzene rings is 1.